The van der Waals surface area contributed by atoms with Gasteiger partial charge in [0.2, 0.25) is 0 Å². The summed E-state index contributed by atoms with van der Waals surface area (Å²) in [6, 6.07) is 8.48. The van der Waals surface area contributed by atoms with Crippen molar-refractivity contribution < 1.29 is 4.42 Å². The Morgan fingerprint density at radius 1 is 1.31 bits per heavy atom. The minimum Gasteiger partial charge on any atom is -0.472 e. The standard InChI is InChI=1S/C13H14BrNO/c1-9-3-4-11(14)7-12(9)13(15-2)10-5-6-16-8-10/h3-8,13,15H,1-2H3. The fraction of sp³-hybridized carbons (Fsp3) is 0.231. The molecule has 1 heterocycles. The van der Waals surface area contributed by atoms with Crippen LogP contribution in [0, 0.1) is 6.92 Å². The van der Waals surface area contributed by atoms with Crippen LogP contribution >= 0.6 is 15.9 Å². The van der Waals surface area contributed by atoms with E-state index in [0.29, 0.717) is 0 Å². The lowest BCUT2D eigenvalue weighted by Crippen LogP contribution is -2.18. The van der Waals surface area contributed by atoms with Gasteiger partial charge in [0.25, 0.3) is 0 Å². The Hall–Kier alpha value is -1.06. The molecule has 0 spiro atoms. The second-order valence-electron chi connectivity index (χ2n) is 3.78. The van der Waals surface area contributed by atoms with Crippen LogP contribution in [0.1, 0.15) is 22.7 Å². The molecule has 1 atom stereocenters. The Bertz CT molecular complexity index is 465. The van der Waals surface area contributed by atoms with Gasteiger partial charge in [-0.25, -0.2) is 0 Å². The van der Waals surface area contributed by atoms with Gasteiger partial charge in [0.15, 0.2) is 0 Å². The van der Waals surface area contributed by atoms with Crippen molar-refractivity contribution in [1.82, 2.24) is 5.32 Å². The molecule has 2 nitrogen and oxygen atoms in total. The quantitative estimate of drug-likeness (QED) is 0.928. The second-order valence-corrected chi connectivity index (χ2v) is 4.69. The number of rotatable bonds is 3. The molecule has 1 unspecified atom stereocenters. The molecule has 0 saturated heterocycles. The first-order chi connectivity index (χ1) is 7.72. The molecule has 1 aromatic heterocycles. The van der Waals surface area contributed by atoms with Crippen LogP contribution in [0.2, 0.25) is 0 Å². The minimum atomic E-state index is 0.177. The van der Waals surface area contributed by atoms with E-state index >= 15 is 0 Å². The number of hydrogen-bond acceptors (Lipinski definition) is 2. The third-order valence-electron chi connectivity index (χ3n) is 2.72. The van der Waals surface area contributed by atoms with Crippen molar-refractivity contribution in [1.29, 1.82) is 0 Å². The zero-order valence-electron chi connectivity index (χ0n) is 9.33. The highest BCUT2D eigenvalue weighted by atomic mass is 79.9. The minimum absolute atomic E-state index is 0.177. The predicted molar refractivity (Wildman–Crippen MR) is 68.5 cm³/mol. The summed E-state index contributed by atoms with van der Waals surface area (Å²) < 4.78 is 6.23. The lowest BCUT2D eigenvalue weighted by Gasteiger charge is -2.17. The molecule has 3 heteroatoms. The van der Waals surface area contributed by atoms with Gasteiger partial charge in [-0.3, -0.25) is 0 Å². The van der Waals surface area contributed by atoms with Gasteiger partial charge in [-0.05, 0) is 43.3 Å². The van der Waals surface area contributed by atoms with Crippen molar-refractivity contribution in [2.75, 3.05) is 7.05 Å². The van der Waals surface area contributed by atoms with E-state index in [4.69, 9.17) is 4.42 Å². The van der Waals surface area contributed by atoms with Crippen LogP contribution in [0.3, 0.4) is 0 Å². The zero-order valence-corrected chi connectivity index (χ0v) is 10.9. The zero-order chi connectivity index (χ0) is 11.5. The first-order valence-electron chi connectivity index (χ1n) is 5.18. The first-order valence-corrected chi connectivity index (χ1v) is 5.97. The predicted octanol–water partition coefficient (Wildman–Crippen LogP) is 3.66. The summed E-state index contributed by atoms with van der Waals surface area (Å²) in [7, 11) is 1.96. The molecule has 0 radical (unpaired) electrons. The van der Waals surface area contributed by atoms with Crippen molar-refractivity contribution in [3.8, 4) is 0 Å². The van der Waals surface area contributed by atoms with Crippen molar-refractivity contribution in [3.63, 3.8) is 0 Å². The van der Waals surface area contributed by atoms with Gasteiger partial charge in [0.1, 0.15) is 0 Å². The number of furan rings is 1. The Labute approximate surface area is 104 Å². The summed E-state index contributed by atoms with van der Waals surface area (Å²) in [4.78, 5) is 0. The fourth-order valence-electron chi connectivity index (χ4n) is 1.86. The highest BCUT2D eigenvalue weighted by molar-refractivity contribution is 9.10. The second kappa shape index (κ2) is 4.85. The molecule has 1 aromatic carbocycles. The van der Waals surface area contributed by atoms with Crippen molar-refractivity contribution in [2.24, 2.45) is 0 Å². The van der Waals surface area contributed by atoms with Crippen molar-refractivity contribution in [2.45, 2.75) is 13.0 Å². The van der Waals surface area contributed by atoms with E-state index in [0.717, 1.165) is 10.0 Å². The Balaban J connectivity index is 2.44. The third kappa shape index (κ3) is 2.20. The normalized spacial score (nSPS) is 12.7. The monoisotopic (exact) mass is 279 g/mol. The number of aryl methyl sites for hydroxylation is 1. The number of hydrogen-bond donors (Lipinski definition) is 1. The van der Waals surface area contributed by atoms with E-state index in [1.165, 1.54) is 11.1 Å². The number of halogens is 1. The maximum absolute atomic E-state index is 5.14. The lowest BCUT2D eigenvalue weighted by molar-refractivity contribution is 0.557. The van der Waals surface area contributed by atoms with Crippen LogP contribution in [0.15, 0.2) is 45.7 Å². The molecule has 0 aliphatic carbocycles. The average molecular weight is 280 g/mol. The fourth-order valence-corrected chi connectivity index (χ4v) is 2.24. The number of nitrogens with one attached hydrogen (secondary N) is 1. The molecule has 0 aliphatic heterocycles. The topological polar surface area (TPSA) is 25.2 Å². The highest BCUT2D eigenvalue weighted by Crippen LogP contribution is 2.27. The molecule has 0 saturated carbocycles. The van der Waals surface area contributed by atoms with Crippen LogP contribution < -0.4 is 5.32 Å². The van der Waals surface area contributed by atoms with Gasteiger partial charge in [0, 0.05) is 10.0 Å². The van der Waals surface area contributed by atoms with Crippen LogP contribution in [0.4, 0.5) is 0 Å². The molecule has 0 amide bonds. The van der Waals surface area contributed by atoms with Gasteiger partial charge in [0.05, 0.1) is 18.6 Å². The molecule has 0 aliphatic rings. The molecule has 1 N–H and O–H groups in total. The summed E-state index contributed by atoms with van der Waals surface area (Å²) in [6.07, 6.45) is 3.48. The Morgan fingerprint density at radius 3 is 2.75 bits per heavy atom. The van der Waals surface area contributed by atoms with Crippen LogP contribution in [0.25, 0.3) is 0 Å². The average Bonchev–Trinajstić information content (AvgIpc) is 2.78. The molecule has 84 valence electrons. The third-order valence-corrected chi connectivity index (χ3v) is 3.21. The SMILES string of the molecule is CNC(c1ccoc1)c1cc(Br)ccc1C. The number of benzene rings is 1. The first kappa shape index (κ1) is 11.4. The van der Waals surface area contributed by atoms with Gasteiger partial charge < -0.3 is 9.73 Å². The van der Waals surface area contributed by atoms with Crippen LogP contribution in [-0.4, -0.2) is 7.05 Å². The molecule has 0 bridgehead atoms. The smallest absolute Gasteiger partial charge is 0.0953 e. The molecule has 0 fully saturated rings. The molecular formula is C13H14BrNO. The largest absolute Gasteiger partial charge is 0.472 e. The summed E-state index contributed by atoms with van der Waals surface area (Å²) >= 11 is 3.51. The van der Waals surface area contributed by atoms with E-state index in [1.807, 2.05) is 13.1 Å². The van der Waals surface area contributed by atoms with Gasteiger partial charge in [-0.1, -0.05) is 22.0 Å². The van der Waals surface area contributed by atoms with E-state index in [2.05, 4.69) is 46.4 Å². The summed E-state index contributed by atoms with van der Waals surface area (Å²) in [5.41, 5.74) is 3.67. The molecule has 2 rings (SSSR count). The van der Waals surface area contributed by atoms with E-state index < -0.39 is 0 Å². The van der Waals surface area contributed by atoms with E-state index in [-0.39, 0.29) is 6.04 Å². The summed E-state index contributed by atoms with van der Waals surface area (Å²) in [6.45, 7) is 2.12. The Morgan fingerprint density at radius 2 is 2.12 bits per heavy atom. The Kier molecular flexibility index (Phi) is 3.46. The van der Waals surface area contributed by atoms with Crippen molar-refractivity contribution >= 4 is 15.9 Å². The van der Waals surface area contributed by atoms with Crippen LogP contribution in [0.5, 0.6) is 0 Å². The van der Waals surface area contributed by atoms with E-state index in [9.17, 15) is 0 Å². The maximum atomic E-state index is 5.14. The molecular weight excluding hydrogens is 266 g/mol. The maximum Gasteiger partial charge on any atom is 0.0953 e. The van der Waals surface area contributed by atoms with Crippen molar-refractivity contribution in [3.05, 3.63) is 58.0 Å². The van der Waals surface area contributed by atoms with Gasteiger partial charge >= 0.3 is 0 Å². The lowest BCUT2D eigenvalue weighted by atomic mass is 9.97. The van der Waals surface area contributed by atoms with E-state index in [1.54, 1.807) is 12.5 Å². The highest BCUT2D eigenvalue weighted by Gasteiger charge is 2.15. The van der Waals surface area contributed by atoms with Crippen LogP contribution in [-0.2, 0) is 0 Å². The molecule has 16 heavy (non-hydrogen) atoms. The summed E-state index contributed by atoms with van der Waals surface area (Å²) in [5.74, 6) is 0. The summed E-state index contributed by atoms with van der Waals surface area (Å²) in [5, 5.41) is 3.31. The van der Waals surface area contributed by atoms with Gasteiger partial charge in [-0.2, -0.15) is 0 Å². The molecule has 2 aromatic rings. The van der Waals surface area contributed by atoms with Gasteiger partial charge in [-0.15, -0.1) is 0 Å².